The molecule has 3 nitrogen and oxygen atoms in total. The minimum Gasteiger partial charge on any atom is -0.334 e. The third kappa shape index (κ3) is 2.10. The van der Waals surface area contributed by atoms with Crippen molar-refractivity contribution in [2.24, 2.45) is 28.6 Å². The van der Waals surface area contributed by atoms with Crippen LogP contribution in [0, 0.1) is 28.6 Å². The van der Waals surface area contributed by atoms with E-state index in [2.05, 4.69) is 29.6 Å². The quantitative estimate of drug-likeness (QED) is 0.725. The first kappa shape index (κ1) is 15.8. The third-order valence-corrected chi connectivity index (χ3v) is 8.80. The summed E-state index contributed by atoms with van der Waals surface area (Å²) in [5.41, 5.74) is 2.20. The maximum Gasteiger partial charge on any atom is 0.155 e. The first-order valence-electron chi connectivity index (χ1n) is 10.2. The van der Waals surface area contributed by atoms with Crippen LogP contribution in [0.25, 0.3) is 0 Å². The van der Waals surface area contributed by atoms with Crippen LogP contribution in [0.4, 0.5) is 0 Å². The van der Waals surface area contributed by atoms with Gasteiger partial charge in [-0.05, 0) is 79.6 Å². The number of ketones is 1. The Morgan fingerprint density at radius 3 is 2.76 bits per heavy atom. The molecular formula is C22H30N2O. The summed E-state index contributed by atoms with van der Waals surface area (Å²) in [5.74, 6) is 2.85. The first-order valence-corrected chi connectivity index (χ1v) is 10.2. The van der Waals surface area contributed by atoms with Gasteiger partial charge in [-0.2, -0.15) is 0 Å². The maximum absolute atomic E-state index is 11.9. The van der Waals surface area contributed by atoms with Crippen molar-refractivity contribution in [2.75, 3.05) is 0 Å². The number of imidazole rings is 1. The van der Waals surface area contributed by atoms with E-state index in [1.807, 2.05) is 18.6 Å². The Morgan fingerprint density at radius 2 is 1.96 bits per heavy atom. The molecule has 1 aromatic rings. The number of hydrogen-bond acceptors (Lipinski definition) is 2. The van der Waals surface area contributed by atoms with Crippen LogP contribution in [0.3, 0.4) is 0 Å². The average molecular weight is 338 g/mol. The van der Waals surface area contributed by atoms with Crippen LogP contribution >= 0.6 is 0 Å². The lowest BCUT2D eigenvalue weighted by Gasteiger charge is -2.58. The zero-order valence-corrected chi connectivity index (χ0v) is 15.6. The fraction of sp³-hybridized carbons (Fsp3) is 0.727. The smallest absolute Gasteiger partial charge is 0.155 e. The molecule has 3 unspecified atom stereocenters. The Kier molecular flexibility index (Phi) is 3.37. The summed E-state index contributed by atoms with van der Waals surface area (Å²) in [6, 6.07) is 0.624. The van der Waals surface area contributed by atoms with Crippen LogP contribution in [-0.2, 0) is 4.79 Å². The lowest BCUT2D eigenvalue weighted by Crippen LogP contribution is -2.50. The Morgan fingerprint density at radius 1 is 1.08 bits per heavy atom. The van der Waals surface area contributed by atoms with Gasteiger partial charge in [0.2, 0.25) is 0 Å². The van der Waals surface area contributed by atoms with Gasteiger partial charge < -0.3 is 4.57 Å². The molecule has 0 saturated heterocycles. The molecule has 6 atom stereocenters. The molecule has 0 N–H and O–H groups in total. The fourth-order valence-electron chi connectivity index (χ4n) is 7.48. The molecule has 5 rings (SSSR count). The standard InChI is InChI=1S/C22H30N2O/c1-21-9-7-16(25)13-15(21)3-4-17-18-5-6-20(24-12-11-23-14-24)22(18,2)10-8-19(17)21/h11-14,17-20H,3-10H2,1-2H3/t17?,18?,19?,20-,21-,22-/m0/s1. The number of rotatable bonds is 1. The van der Waals surface area contributed by atoms with Crippen molar-refractivity contribution in [3.63, 3.8) is 0 Å². The lowest BCUT2D eigenvalue weighted by molar-refractivity contribution is -0.117. The van der Waals surface area contributed by atoms with E-state index in [9.17, 15) is 4.79 Å². The molecule has 4 aliphatic carbocycles. The molecule has 4 aliphatic rings. The highest BCUT2D eigenvalue weighted by Gasteiger charge is 2.59. The van der Waals surface area contributed by atoms with Crippen molar-refractivity contribution in [1.29, 1.82) is 0 Å². The van der Waals surface area contributed by atoms with Crippen LogP contribution in [0.15, 0.2) is 30.4 Å². The molecule has 1 heterocycles. The van der Waals surface area contributed by atoms with E-state index in [0.717, 1.165) is 37.0 Å². The van der Waals surface area contributed by atoms with Crippen LogP contribution < -0.4 is 0 Å². The normalized spacial score (nSPS) is 46.2. The van der Waals surface area contributed by atoms with Gasteiger partial charge in [0.25, 0.3) is 0 Å². The molecule has 3 heteroatoms. The van der Waals surface area contributed by atoms with E-state index < -0.39 is 0 Å². The maximum atomic E-state index is 11.9. The second-order valence-electron chi connectivity index (χ2n) is 9.62. The van der Waals surface area contributed by atoms with Crippen molar-refractivity contribution >= 4 is 5.78 Å². The fourth-order valence-corrected chi connectivity index (χ4v) is 7.48. The Labute approximate surface area is 150 Å². The van der Waals surface area contributed by atoms with E-state index in [-0.39, 0.29) is 0 Å². The van der Waals surface area contributed by atoms with E-state index in [0.29, 0.717) is 22.7 Å². The number of hydrogen-bond donors (Lipinski definition) is 0. The molecule has 3 fully saturated rings. The number of carbonyl (C=O) groups excluding carboxylic acids is 1. The number of carbonyl (C=O) groups is 1. The molecule has 0 aromatic carbocycles. The number of aromatic nitrogens is 2. The van der Waals surface area contributed by atoms with Gasteiger partial charge in [0.15, 0.2) is 5.78 Å². The SMILES string of the molecule is C[C@]12CCC(=O)C=C1CCC1C2CC[C@@]2(C)C1CC[C@@H]2n1ccnc1. The van der Waals surface area contributed by atoms with Crippen LogP contribution in [0.5, 0.6) is 0 Å². The van der Waals surface area contributed by atoms with Crippen molar-refractivity contribution < 1.29 is 4.79 Å². The van der Waals surface area contributed by atoms with Gasteiger partial charge >= 0.3 is 0 Å². The van der Waals surface area contributed by atoms with Crippen molar-refractivity contribution in [3.8, 4) is 0 Å². The van der Waals surface area contributed by atoms with Crippen LogP contribution in [-0.4, -0.2) is 15.3 Å². The summed E-state index contributed by atoms with van der Waals surface area (Å²) >= 11 is 0. The molecule has 25 heavy (non-hydrogen) atoms. The van der Waals surface area contributed by atoms with Crippen LogP contribution in [0.2, 0.25) is 0 Å². The van der Waals surface area contributed by atoms with Crippen molar-refractivity contribution in [2.45, 2.75) is 71.3 Å². The minimum absolute atomic E-state index is 0.297. The number of allylic oxidation sites excluding steroid dienone is 1. The second-order valence-corrected chi connectivity index (χ2v) is 9.62. The Hall–Kier alpha value is -1.38. The zero-order chi connectivity index (χ0) is 17.2. The average Bonchev–Trinajstić information content (AvgIpc) is 3.22. The monoisotopic (exact) mass is 338 g/mol. The third-order valence-electron chi connectivity index (χ3n) is 8.80. The highest BCUT2D eigenvalue weighted by atomic mass is 16.1. The van der Waals surface area contributed by atoms with Gasteiger partial charge in [-0.1, -0.05) is 19.4 Å². The van der Waals surface area contributed by atoms with Gasteiger partial charge in [-0.25, -0.2) is 4.98 Å². The summed E-state index contributed by atoms with van der Waals surface area (Å²) in [5, 5.41) is 0. The predicted octanol–water partition coefficient (Wildman–Crippen LogP) is 4.96. The summed E-state index contributed by atoms with van der Waals surface area (Å²) in [6.45, 7) is 5.04. The summed E-state index contributed by atoms with van der Waals surface area (Å²) in [7, 11) is 0. The first-order chi connectivity index (χ1) is 12.0. The second kappa shape index (κ2) is 5.31. The molecule has 0 amide bonds. The summed E-state index contributed by atoms with van der Waals surface area (Å²) < 4.78 is 2.38. The van der Waals surface area contributed by atoms with Gasteiger partial charge in [0, 0.05) is 24.9 Å². The van der Waals surface area contributed by atoms with Gasteiger partial charge in [-0.3, -0.25) is 4.79 Å². The van der Waals surface area contributed by atoms with Gasteiger partial charge in [-0.15, -0.1) is 0 Å². The van der Waals surface area contributed by atoms with Crippen LogP contribution in [0.1, 0.15) is 71.3 Å². The molecule has 0 radical (unpaired) electrons. The number of nitrogens with zero attached hydrogens (tertiary/aromatic N) is 2. The zero-order valence-electron chi connectivity index (χ0n) is 15.6. The van der Waals surface area contributed by atoms with E-state index in [1.54, 1.807) is 0 Å². The van der Waals surface area contributed by atoms with Gasteiger partial charge in [0.05, 0.1) is 6.33 Å². The Balaban J connectivity index is 1.48. The minimum atomic E-state index is 0.297. The van der Waals surface area contributed by atoms with E-state index in [1.165, 1.54) is 37.7 Å². The topological polar surface area (TPSA) is 34.9 Å². The molecule has 0 aliphatic heterocycles. The van der Waals surface area contributed by atoms with E-state index >= 15 is 0 Å². The van der Waals surface area contributed by atoms with Crippen molar-refractivity contribution in [3.05, 3.63) is 30.4 Å². The highest BCUT2D eigenvalue weighted by molar-refractivity contribution is 5.91. The van der Waals surface area contributed by atoms with E-state index in [4.69, 9.17) is 0 Å². The van der Waals surface area contributed by atoms with Gasteiger partial charge in [0.1, 0.15) is 0 Å². The molecule has 1 aromatic heterocycles. The molecule has 3 saturated carbocycles. The van der Waals surface area contributed by atoms with Crippen molar-refractivity contribution in [1.82, 2.24) is 9.55 Å². The highest BCUT2D eigenvalue weighted by Crippen LogP contribution is 2.67. The molecular weight excluding hydrogens is 308 g/mol. The molecule has 0 spiro atoms. The lowest BCUT2D eigenvalue weighted by atomic mass is 9.47. The Bertz CT molecular complexity index is 720. The molecule has 0 bridgehead atoms. The largest absolute Gasteiger partial charge is 0.334 e. The molecule has 134 valence electrons. The predicted molar refractivity (Wildman–Crippen MR) is 98.0 cm³/mol. The summed E-state index contributed by atoms with van der Waals surface area (Å²) in [6.07, 6.45) is 17.8. The summed E-state index contributed by atoms with van der Waals surface area (Å²) in [4.78, 5) is 16.3. The number of fused-ring (bicyclic) bond motifs is 5.